The molecule has 6 aliphatic rings. The third-order valence-corrected chi connectivity index (χ3v) is 21.8. The van der Waals surface area contributed by atoms with Crippen molar-refractivity contribution in [1.29, 1.82) is 0 Å². The number of amides is 9. The third kappa shape index (κ3) is 15.3. The Morgan fingerprint density at radius 2 is 1.40 bits per heavy atom. The summed E-state index contributed by atoms with van der Waals surface area (Å²) >= 11 is 0. The molecular formula is C77H85FN14O14. The molecule has 2 fully saturated rings. The van der Waals surface area contributed by atoms with Crippen LogP contribution in [-0.2, 0) is 103 Å². The molecule has 3 aromatic heterocycles. The van der Waals surface area contributed by atoms with Gasteiger partial charge in [-0.1, -0.05) is 84.9 Å². The summed E-state index contributed by atoms with van der Waals surface area (Å²) in [6.07, 6.45) is 5.65. The average molecular weight is 1450 g/mol. The molecule has 3 atom stereocenters. The predicted octanol–water partition coefficient (Wildman–Crippen LogP) is 3.93. The van der Waals surface area contributed by atoms with Crippen molar-refractivity contribution in [2.75, 3.05) is 63.9 Å². The number of para-hydroxylation sites is 1. The number of aromatic nitrogens is 5. The van der Waals surface area contributed by atoms with Crippen LogP contribution in [0.25, 0.3) is 44.8 Å². The average Bonchev–Trinajstić information content (AvgIpc) is 1.51. The molecule has 8 N–H and O–H groups in total. The molecule has 0 bridgehead atoms. The van der Waals surface area contributed by atoms with E-state index >= 15 is 4.39 Å². The Bertz CT molecular complexity index is 4730. The van der Waals surface area contributed by atoms with Crippen LogP contribution in [0.4, 0.5) is 10.1 Å². The summed E-state index contributed by atoms with van der Waals surface area (Å²) in [5.41, 5.74) is 6.70. The summed E-state index contributed by atoms with van der Waals surface area (Å²) < 4.78 is 29.6. The molecule has 0 unspecified atom stereocenters. The topological polar surface area (TPSA) is 366 Å². The van der Waals surface area contributed by atoms with Crippen LogP contribution in [0.1, 0.15) is 128 Å². The second-order valence-corrected chi connectivity index (χ2v) is 28.2. The quantitative estimate of drug-likeness (QED) is 0.0314. The maximum atomic E-state index is 15.5. The van der Waals surface area contributed by atoms with E-state index in [1.807, 2.05) is 60.5 Å². The summed E-state index contributed by atoms with van der Waals surface area (Å²) in [7, 11) is 1.84. The Morgan fingerprint density at radius 1 is 0.717 bits per heavy atom. The van der Waals surface area contributed by atoms with Gasteiger partial charge < -0.3 is 66.2 Å². The number of carbonyl (C=O) groups is 10. The van der Waals surface area contributed by atoms with Gasteiger partial charge in [0.1, 0.15) is 24.2 Å². The molecule has 0 radical (unpaired) electrons. The second-order valence-electron chi connectivity index (χ2n) is 28.2. The number of ether oxygens (including phenoxy) is 2. The SMILES string of the molecule is CC[C@@]1(O)C(=O)OCc2c1cc1n(c2=O)Cc2c-1nc1cc(F)c(C)c3c1c2[C@@H](NC(=O)CNC(=O)CNC(=O)[C@H](Cc1ccccc1)NC(=O)CNC(=O)CNC(=O)CCOCCC(=O)N1CCC2(CCC(C(=O)NCCC(=O)N4Cc5ccccc5-c5nnn(C)c5-c5ccccc54)CC2)CC1)CC3. The molecular weight excluding hydrogens is 1360 g/mol. The molecule has 1 saturated carbocycles. The van der Waals surface area contributed by atoms with Gasteiger partial charge in [0.2, 0.25) is 53.2 Å². The lowest BCUT2D eigenvalue weighted by Gasteiger charge is -2.45. The summed E-state index contributed by atoms with van der Waals surface area (Å²) in [6.45, 7) is 2.66. The number of rotatable bonds is 24. The molecule has 7 aromatic rings. The highest BCUT2D eigenvalue weighted by atomic mass is 19.1. The van der Waals surface area contributed by atoms with E-state index in [-0.39, 0.29) is 111 Å². The molecule has 1 saturated heterocycles. The van der Waals surface area contributed by atoms with Gasteiger partial charge in [0.05, 0.1) is 98.8 Å². The number of cyclic esters (lactones) is 1. The standard InChI is InChI=1S/C77H85FN14O14/c1-4-77(104)53-35-59-69-51(42-92(59)74(102)52(53)43-106-75(77)103)68-55(19-18-48-44(2)54(78)36-56(86-69)67(48)68)84-63(96)39-82-62(95)38-83-73(101)57(34-45-12-6-5-7-13-45)85-64(97)40-81-61(94)37-80-60(93)23-32-105-33-24-65(98)90-30-27-76(28-31-90)25-20-46(21-26-76)72(100)79-29-22-66(99)91-41-47-14-8-9-15-49(47)70-71(89(3)88-87-70)50-16-10-11-17-58(50)91/h5-17,35-36,46,55,57,104H,4,18-34,37-43H2,1-3H3,(H,79,100)(H,80,93)(H,81,94)(H,82,95)(H,83,101)(H,84,96)(H,85,97)/t55-,57-,77-/m0/s1. The van der Waals surface area contributed by atoms with Crippen molar-refractivity contribution in [1.82, 2.24) is 66.7 Å². The van der Waals surface area contributed by atoms with Gasteiger partial charge in [-0.2, -0.15) is 0 Å². The number of aryl methyl sites for hydroxylation is 2. The largest absolute Gasteiger partial charge is 0.458 e. The lowest BCUT2D eigenvalue weighted by atomic mass is 9.65. The van der Waals surface area contributed by atoms with Crippen LogP contribution in [-0.4, -0.2) is 159 Å². The number of benzene rings is 4. The van der Waals surface area contributed by atoms with E-state index < -0.39 is 96.7 Å². The van der Waals surface area contributed by atoms with Gasteiger partial charge in [0, 0.05) is 85.6 Å². The van der Waals surface area contributed by atoms with Gasteiger partial charge >= 0.3 is 5.97 Å². The first-order valence-corrected chi connectivity index (χ1v) is 36.1. The fraction of sp³-hybridized carbons (Fsp3) is 0.429. The van der Waals surface area contributed by atoms with Crippen molar-refractivity contribution in [3.8, 4) is 33.9 Å². The number of nitrogens with one attached hydrogen (secondary N) is 7. The number of anilines is 1. The molecule has 2 aliphatic carbocycles. The van der Waals surface area contributed by atoms with Crippen molar-refractivity contribution in [3.63, 3.8) is 0 Å². The van der Waals surface area contributed by atoms with E-state index in [4.69, 9.17) is 14.5 Å². The number of fused-ring (bicyclic) bond motifs is 10. The molecule has 7 heterocycles. The maximum absolute atomic E-state index is 15.5. The minimum atomic E-state index is -2.07. The lowest BCUT2D eigenvalue weighted by Crippen LogP contribution is -2.52. The highest BCUT2D eigenvalue weighted by Crippen LogP contribution is 2.49. The Balaban J connectivity index is 0.501. The zero-order valence-electron chi connectivity index (χ0n) is 59.3. The number of halogens is 1. The number of esters is 1. The molecule has 554 valence electrons. The van der Waals surface area contributed by atoms with Crippen LogP contribution in [0.2, 0.25) is 0 Å². The molecule has 106 heavy (non-hydrogen) atoms. The summed E-state index contributed by atoms with van der Waals surface area (Å²) in [6, 6.07) is 25.3. The summed E-state index contributed by atoms with van der Waals surface area (Å²) in [4.78, 5) is 155. The molecule has 28 nitrogen and oxygen atoms in total. The van der Waals surface area contributed by atoms with Crippen molar-refractivity contribution in [2.45, 2.75) is 135 Å². The minimum Gasteiger partial charge on any atom is -0.458 e. The van der Waals surface area contributed by atoms with E-state index in [0.717, 1.165) is 72.3 Å². The number of likely N-dealkylation sites (tertiary alicyclic amines) is 1. The van der Waals surface area contributed by atoms with Gasteiger partial charge in [-0.25, -0.2) is 18.9 Å². The monoisotopic (exact) mass is 1450 g/mol. The lowest BCUT2D eigenvalue weighted by molar-refractivity contribution is -0.172. The number of piperidine rings is 1. The van der Waals surface area contributed by atoms with Crippen LogP contribution in [0.5, 0.6) is 0 Å². The molecule has 4 aliphatic heterocycles. The Morgan fingerprint density at radius 3 is 2.15 bits per heavy atom. The Hall–Kier alpha value is -11.1. The predicted molar refractivity (Wildman–Crippen MR) is 383 cm³/mol. The van der Waals surface area contributed by atoms with E-state index in [0.29, 0.717) is 77.1 Å². The van der Waals surface area contributed by atoms with Crippen LogP contribution in [0.15, 0.2) is 95.8 Å². The zero-order valence-corrected chi connectivity index (χ0v) is 59.3. The van der Waals surface area contributed by atoms with Gasteiger partial charge in [-0.05, 0) is 110 Å². The fourth-order valence-electron chi connectivity index (χ4n) is 15.8. The minimum absolute atomic E-state index is 0.00306. The highest BCUT2D eigenvalue weighted by molar-refractivity contribution is 6.01. The first-order valence-electron chi connectivity index (χ1n) is 36.1. The Labute approximate surface area is 609 Å². The zero-order chi connectivity index (χ0) is 74.6. The van der Waals surface area contributed by atoms with E-state index in [1.165, 1.54) is 10.6 Å². The summed E-state index contributed by atoms with van der Waals surface area (Å²) in [5.74, 6) is -5.73. The number of hydrogen-bond acceptors (Lipinski definition) is 17. The Kier molecular flexibility index (Phi) is 21.6. The fourth-order valence-corrected chi connectivity index (χ4v) is 15.8. The molecule has 1 spiro atoms. The highest BCUT2D eigenvalue weighted by Gasteiger charge is 2.47. The van der Waals surface area contributed by atoms with Gasteiger partial charge in [0.25, 0.3) is 5.56 Å². The molecule has 29 heteroatoms. The van der Waals surface area contributed by atoms with Crippen LogP contribution in [0, 0.1) is 24.1 Å². The normalized spacial score (nSPS) is 17.7. The number of pyridine rings is 2. The van der Waals surface area contributed by atoms with Crippen LogP contribution >= 0.6 is 0 Å². The number of nitrogens with zero attached hydrogens (tertiary/aromatic N) is 7. The van der Waals surface area contributed by atoms with E-state index in [2.05, 4.69) is 47.5 Å². The number of carbonyl (C=O) groups excluding carboxylic acids is 10. The molecule has 9 amide bonds. The number of hydrogen-bond donors (Lipinski definition) is 8. The van der Waals surface area contributed by atoms with Crippen molar-refractivity contribution in [2.24, 2.45) is 18.4 Å². The van der Waals surface area contributed by atoms with E-state index in [1.54, 1.807) is 59.8 Å². The first kappa shape index (κ1) is 73.3. The molecule has 13 rings (SSSR count). The van der Waals surface area contributed by atoms with Crippen molar-refractivity contribution < 1.29 is 66.9 Å². The second kappa shape index (κ2) is 31.3. The van der Waals surface area contributed by atoms with Crippen molar-refractivity contribution in [3.05, 3.63) is 152 Å². The van der Waals surface area contributed by atoms with Gasteiger partial charge in [-0.15, -0.1) is 5.10 Å². The van der Waals surface area contributed by atoms with Crippen LogP contribution in [0.3, 0.4) is 0 Å². The van der Waals surface area contributed by atoms with Gasteiger partial charge in [-0.3, -0.25) is 47.9 Å². The molecule has 4 aromatic carbocycles. The van der Waals surface area contributed by atoms with Gasteiger partial charge in [0.15, 0.2) is 5.60 Å². The third-order valence-electron chi connectivity index (χ3n) is 21.8. The smallest absolute Gasteiger partial charge is 0.343 e. The number of aliphatic hydroxyl groups is 1. The van der Waals surface area contributed by atoms with Crippen LogP contribution < -0.4 is 47.7 Å². The first-order chi connectivity index (χ1) is 51.1. The van der Waals surface area contributed by atoms with E-state index in [9.17, 15) is 57.8 Å². The maximum Gasteiger partial charge on any atom is 0.343 e. The van der Waals surface area contributed by atoms with Crippen molar-refractivity contribution >= 4 is 75.7 Å². The summed E-state index contributed by atoms with van der Waals surface area (Å²) in [5, 5.41) is 39.4.